The Morgan fingerprint density at radius 2 is 0.886 bits per heavy atom. The molecule has 0 aliphatic carbocycles. The summed E-state index contributed by atoms with van der Waals surface area (Å²) in [4.78, 5) is 37.7. The van der Waals surface area contributed by atoms with Crippen LogP contribution in [0.4, 0.5) is 9.59 Å². The second kappa shape index (κ2) is 16.8. The van der Waals surface area contributed by atoms with Crippen LogP contribution >= 0.6 is 45.3 Å². The van der Waals surface area contributed by atoms with Gasteiger partial charge in [0, 0.05) is 31.6 Å². The number of nitrogens with zero attached hydrogens (tertiary/aromatic N) is 3. The van der Waals surface area contributed by atoms with E-state index in [0.717, 1.165) is 19.5 Å². The molecule has 0 unspecified atom stereocenters. The molecule has 0 aliphatic heterocycles. The van der Waals surface area contributed by atoms with Gasteiger partial charge in [0.1, 0.15) is 26.4 Å². The number of thiophene rings is 4. The van der Waals surface area contributed by atoms with Crippen molar-refractivity contribution in [3.05, 3.63) is 108 Å². The highest BCUT2D eigenvalue weighted by molar-refractivity contribution is 7.10. The molecule has 0 saturated carbocycles. The first kappa shape index (κ1) is 31.5. The van der Waals surface area contributed by atoms with Crippen LogP contribution in [-0.4, -0.2) is 53.4 Å². The summed E-state index contributed by atoms with van der Waals surface area (Å²) in [5.74, 6) is 0.672. The van der Waals surface area contributed by atoms with E-state index in [-0.39, 0.29) is 26.4 Å². The Labute approximate surface area is 271 Å². The van der Waals surface area contributed by atoms with Crippen molar-refractivity contribution in [1.82, 2.24) is 14.8 Å². The summed E-state index contributed by atoms with van der Waals surface area (Å²) in [7, 11) is 0. The average molecular weight is 670 g/mol. The van der Waals surface area contributed by atoms with Crippen LogP contribution in [0, 0.1) is 0 Å². The number of hydrogen-bond acceptors (Lipinski definition) is 11. The lowest BCUT2D eigenvalue weighted by atomic mass is 10.4. The van der Waals surface area contributed by atoms with Gasteiger partial charge in [0.2, 0.25) is 11.8 Å². The summed E-state index contributed by atoms with van der Waals surface area (Å²) in [6, 6.07) is 21.0. The summed E-state index contributed by atoms with van der Waals surface area (Å²) in [6.07, 6.45) is -0.807. The van der Waals surface area contributed by atoms with Gasteiger partial charge in [-0.2, -0.15) is 4.98 Å². The molecule has 5 heterocycles. The van der Waals surface area contributed by atoms with E-state index in [1.165, 1.54) is 0 Å². The van der Waals surface area contributed by atoms with Gasteiger partial charge >= 0.3 is 12.2 Å². The summed E-state index contributed by atoms with van der Waals surface area (Å²) in [5.41, 5.74) is 0. The molecular weight excluding hydrogens is 639 g/mol. The number of rotatable bonds is 16. The molecule has 5 aromatic heterocycles. The molecule has 0 spiro atoms. The van der Waals surface area contributed by atoms with Gasteiger partial charge in [-0.05, 0) is 45.8 Å². The third-order valence-corrected chi connectivity index (χ3v) is 9.48. The van der Waals surface area contributed by atoms with Gasteiger partial charge in [-0.25, -0.2) is 9.59 Å². The Morgan fingerprint density at radius 3 is 1.20 bits per heavy atom. The number of ether oxygens (including phenoxy) is 4. The van der Waals surface area contributed by atoms with E-state index in [0.29, 0.717) is 37.9 Å². The third kappa shape index (κ3) is 10.1. The van der Waals surface area contributed by atoms with E-state index in [1.807, 2.05) is 70.1 Å². The molecule has 0 atom stereocenters. The Balaban J connectivity index is 1.03. The second-order valence-corrected chi connectivity index (χ2v) is 13.4. The topological polar surface area (TPSA) is 90.4 Å². The number of pyridine rings is 1. The molecule has 2 amide bonds. The number of aromatic nitrogens is 1. The molecular formula is C31H31N3O6S4. The molecule has 9 nitrogen and oxygen atoms in total. The van der Waals surface area contributed by atoms with Crippen molar-refractivity contribution >= 4 is 57.5 Å². The van der Waals surface area contributed by atoms with E-state index >= 15 is 0 Å². The lowest BCUT2D eigenvalue weighted by molar-refractivity contribution is 0.0820. The zero-order valence-corrected chi connectivity index (χ0v) is 27.0. The number of carbonyl (C=O) groups is 2. The fraction of sp³-hybridized carbons (Fsp3) is 0.258. The zero-order chi connectivity index (χ0) is 30.4. The summed E-state index contributed by atoms with van der Waals surface area (Å²) in [5, 5.41) is 7.96. The van der Waals surface area contributed by atoms with Crippen LogP contribution < -0.4 is 9.47 Å². The maximum Gasteiger partial charge on any atom is 0.410 e. The highest BCUT2D eigenvalue weighted by Crippen LogP contribution is 2.20. The standard InChI is InChI=1S/C31H31N3O6S4/c35-30(33(20-24-6-2-16-41-24)21-25-7-3-17-42-25)39-14-12-37-28-10-1-11-29(32-28)38-13-15-40-31(36)34(22-26-8-4-18-43-26)23-27-9-5-19-44-27/h1-11,16-19H,12-15,20-23H2. The minimum Gasteiger partial charge on any atom is -0.474 e. The van der Waals surface area contributed by atoms with E-state index in [4.69, 9.17) is 18.9 Å². The summed E-state index contributed by atoms with van der Waals surface area (Å²) in [6.45, 7) is 2.33. The van der Waals surface area contributed by atoms with Crippen molar-refractivity contribution in [2.24, 2.45) is 0 Å². The van der Waals surface area contributed by atoms with Crippen LogP contribution in [0.25, 0.3) is 0 Å². The maximum atomic E-state index is 12.8. The molecule has 0 aliphatic rings. The largest absolute Gasteiger partial charge is 0.474 e. The van der Waals surface area contributed by atoms with Gasteiger partial charge in [-0.3, -0.25) is 9.80 Å². The van der Waals surface area contributed by atoms with Crippen LogP contribution in [0.3, 0.4) is 0 Å². The minimum atomic E-state index is -0.403. The summed E-state index contributed by atoms with van der Waals surface area (Å²) < 4.78 is 22.4. The first-order valence-corrected chi connectivity index (χ1v) is 17.3. The van der Waals surface area contributed by atoms with E-state index < -0.39 is 12.2 Å². The van der Waals surface area contributed by atoms with Crippen molar-refractivity contribution < 1.29 is 28.5 Å². The first-order chi connectivity index (χ1) is 21.6. The Hall–Kier alpha value is -3.91. The van der Waals surface area contributed by atoms with Crippen molar-refractivity contribution in [3.63, 3.8) is 0 Å². The van der Waals surface area contributed by atoms with Crippen molar-refractivity contribution in [3.8, 4) is 11.8 Å². The van der Waals surface area contributed by atoms with Gasteiger partial charge in [-0.1, -0.05) is 30.3 Å². The van der Waals surface area contributed by atoms with Crippen LogP contribution in [-0.2, 0) is 35.7 Å². The molecule has 0 fully saturated rings. The van der Waals surface area contributed by atoms with Crippen LogP contribution in [0.15, 0.2) is 88.3 Å². The Kier molecular flexibility index (Phi) is 12.0. The highest BCUT2D eigenvalue weighted by atomic mass is 32.1. The smallest absolute Gasteiger partial charge is 0.410 e. The van der Waals surface area contributed by atoms with Crippen molar-refractivity contribution in [2.75, 3.05) is 26.4 Å². The van der Waals surface area contributed by atoms with Gasteiger partial charge in [0.25, 0.3) is 0 Å². The molecule has 5 aromatic rings. The molecule has 0 aromatic carbocycles. The fourth-order valence-electron chi connectivity index (χ4n) is 4.02. The second-order valence-electron chi connectivity index (χ2n) is 9.27. The maximum absolute atomic E-state index is 12.8. The molecule has 230 valence electrons. The fourth-order valence-corrected chi connectivity index (χ4v) is 6.90. The predicted molar refractivity (Wildman–Crippen MR) is 174 cm³/mol. The highest BCUT2D eigenvalue weighted by Gasteiger charge is 2.19. The quantitative estimate of drug-likeness (QED) is 0.0992. The van der Waals surface area contributed by atoms with Gasteiger partial charge in [0.05, 0.1) is 26.2 Å². The van der Waals surface area contributed by atoms with Crippen LogP contribution in [0.1, 0.15) is 19.5 Å². The molecule has 0 N–H and O–H groups in total. The lowest BCUT2D eigenvalue weighted by Gasteiger charge is -2.21. The Morgan fingerprint density at radius 1 is 0.523 bits per heavy atom. The lowest BCUT2D eigenvalue weighted by Crippen LogP contribution is -2.31. The molecule has 0 radical (unpaired) electrons. The zero-order valence-electron chi connectivity index (χ0n) is 23.7. The normalized spacial score (nSPS) is 10.7. The number of amides is 2. The van der Waals surface area contributed by atoms with Crippen molar-refractivity contribution in [2.45, 2.75) is 26.2 Å². The van der Waals surface area contributed by atoms with E-state index in [1.54, 1.807) is 73.3 Å². The van der Waals surface area contributed by atoms with E-state index in [9.17, 15) is 9.59 Å². The van der Waals surface area contributed by atoms with Crippen LogP contribution in [0.5, 0.6) is 11.8 Å². The molecule has 13 heteroatoms. The Bertz CT molecular complexity index is 1340. The average Bonchev–Trinajstić information content (AvgIpc) is 3.86. The summed E-state index contributed by atoms with van der Waals surface area (Å²) >= 11 is 6.41. The molecule has 0 saturated heterocycles. The SMILES string of the molecule is O=C(OCCOc1cccc(OCCOC(=O)N(Cc2cccs2)Cc2cccs2)n1)N(Cc1cccs1)Cc1cccs1. The predicted octanol–water partition coefficient (Wildman–Crippen LogP) is 7.76. The van der Waals surface area contributed by atoms with Crippen molar-refractivity contribution in [1.29, 1.82) is 0 Å². The first-order valence-electron chi connectivity index (χ1n) is 13.8. The number of carbonyl (C=O) groups excluding carboxylic acids is 2. The van der Waals surface area contributed by atoms with Gasteiger partial charge in [0.15, 0.2) is 0 Å². The van der Waals surface area contributed by atoms with Crippen LogP contribution in [0.2, 0.25) is 0 Å². The molecule has 5 rings (SSSR count). The molecule has 0 bridgehead atoms. The van der Waals surface area contributed by atoms with E-state index in [2.05, 4.69) is 4.98 Å². The van der Waals surface area contributed by atoms with Gasteiger partial charge < -0.3 is 18.9 Å². The van der Waals surface area contributed by atoms with Gasteiger partial charge in [-0.15, -0.1) is 45.3 Å². The third-order valence-electron chi connectivity index (χ3n) is 6.04. The minimum absolute atomic E-state index is 0.0698. The number of hydrogen-bond donors (Lipinski definition) is 0. The monoisotopic (exact) mass is 669 g/mol. The molecule has 44 heavy (non-hydrogen) atoms.